The van der Waals surface area contributed by atoms with Crippen LogP contribution in [0.25, 0.3) is 5.70 Å². The minimum Gasteiger partial charge on any atom is -0.363 e. The van der Waals surface area contributed by atoms with Gasteiger partial charge in [-0.25, -0.2) is 0 Å². The number of hydrogen-bond acceptors (Lipinski definition) is 2. The molecule has 19 heavy (non-hydrogen) atoms. The van der Waals surface area contributed by atoms with Crippen molar-refractivity contribution < 1.29 is 0 Å². The lowest BCUT2D eigenvalue weighted by molar-refractivity contribution is 0.280. The van der Waals surface area contributed by atoms with E-state index in [1.165, 1.54) is 22.4 Å². The Morgan fingerprint density at radius 1 is 1.47 bits per heavy atom. The molecule has 2 rings (SSSR count). The monoisotopic (exact) mass is 256 g/mol. The summed E-state index contributed by atoms with van der Waals surface area (Å²) in [7, 11) is 2.01. The van der Waals surface area contributed by atoms with Gasteiger partial charge in [-0.15, -0.1) is 6.58 Å². The van der Waals surface area contributed by atoms with E-state index in [0.29, 0.717) is 6.04 Å². The molecule has 0 aromatic heterocycles. The number of benzene rings is 1. The van der Waals surface area contributed by atoms with Crippen LogP contribution in [-0.4, -0.2) is 24.5 Å². The number of rotatable bonds is 6. The van der Waals surface area contributed by atoms with E-state index in [9.17, 15) is 0 Å². The van der Waals surface area contributed by atoms with Gasteiger partial charge < -0.3 is 10.2 Å². The van der Waals surface area contributed by atoms with Gasteiger partial charge in [0, 0.05) is 30.4 Å². The predicted octanol–water partition coefficient (Wildman–Crippen LogP) is 3.34. The molecule has 0 fully saturated rings. The third kappa shape index (κ3) is 2.90. The Labute approximate surface area is 116 Å². The van der Waals surface area contributed by atoms with Gasteiger partial charge >= 0.3 is 0 Å². The molecule has 0 amide bonds. The predicted molar refractivity (Wildman–Crippen MR) is 82.9 cm³/mol. The summed E-state index contributed by atoms with van der Waals surface area (Å²) < 4.78 is 0. The normalized spacial score (nSPS) is 15.5. The molecule has 0 saturated carbocycles. The second-order valence-electron chi connectivity index (χ2n) is 5.31. The molecule has 1 heterocycles. The molecule has 0 bridgehead atoms. The highest BCUT2D eigenvalue weighted by atomic mass is 15.2. The fraction of sp³-hybridized carbons (Fsp3) is 0.412. The molecule has 2 nitrogen and oxygen atoms in total. The van der Waals surface area contributed by atoms with Crippen molar-refractivity contribution in [1.82, 2.24) is 10.2 Å². The molecule has 0 aliphatic carbocycles. The van der Waals surface area contributed by atoms with Gasteiger partial charge in [-0.3, -0.25) is 0 Å². The lowest BCUT2D eigenvalue weighted by atomic mass is 10.1. The topological polar surface area (TPSA) is 15.3 Å². The first-order valence-corrected chi connectivity index (χ1v) is 6.98. The van der Waals surface area contributed by atoms with E-state index in [-0.39, 0.29) is 0 Å². The number of likely N-dealkylation sites (N-methyl/N-ethyl adjacent to an activating group) is 1. The number of nitrogens with zero attached hydrogens (tertiary/aromatic N) is 1. The number of allylic oxidation sites excluding steroid dienone is 1. The highest BCUT2D eigenvalue weighted by molar-refractivity contribution is 5.69. The van der Waals surface area contributed by atoms with Crippen LogP contribution in [0.15, 0.2) is 37.4 Å². The van der Waals surface area contributed by atoms with Crippen LogP contribution in [0.3, 0.4) is 0 Å². The van der Waals surface area contributed by atoms with E-state index < -0.39 is 0 Å². The minimum absolute atomic E-state index is 0.489. The number of fused-ring (bicyclic) bond motifs is 1. The van der Waals surface area contributed by atoms with Gasteiger partial charge in [0.25, 0.3) is 0 Å². The second-order valence-corrected chi connectivity index (χ2v) is 5.31. The first kappa shape index (κ1) is 13.9. The summed E-state index contributed by atoms with van der Waals surface area (Å²) >= 11 is 0. The SMILES string of the molecule is C=CCCC(CNC)N1Cc2cc(C)ccc2C1=C. The fourth-order valence-corrected chi connectivity index (χ4v) is 2.83. The summed E-state index contributed by atoms with van der Waals surface area (Å²) in [6, 6.07) is 7.15. The zero-order valence-corrected chi connectivity index (χ0v) is 12.1. The van der Waals surface area contributed by atoms with Gasteiger partial charge in [0.15, 0.2) is 0 Å². The van der Waals surface area contributed by atoms with Crippen molar-refractivity contribution in [3.8, 4) is 0 Å². The first-order valence-electron chi connectivity index (χ1n) is 6.98. The van der Waals surface area contributed by atoms with E-state index in [1.807, 2.05) is 13.1 Å². The standard InChI is InChI=1S/C17H24N2/c1-5-6-7-16(11-18-4)19-12-15-10-13(2)8-9-17(15)14(19)3/h5,8-10,16,18H,1,3,6-7,11-12H2,2,4H3. The number of hydrogen-bond donors (Lipinski definition) is 1. The Balaban J connectivity index is 2.18. The average Bonchev–Trinajstić information content (AvgIpc) is 2.71. The molecule has 0 saturated heterocycles. The van der Waals surface area contributed by atoms with Crippen molar-refractivity contribution in [2.24, 2.45) is 0 Å². The van der Waals surface area contributed by atoms with Gasteiger partial charge in [0.2, 0.25) is 0 Å². The Morgan fingerprint density at radius 3 is 2.95 bits per heavy atom. The molecule has 2 heteroatoms. The molecule has 1 aliphatic rings. The molecule has 1 aromatic rings. The largest absolute Gasteiger partial charge is 0.363 e. The van der Waals surface area contributed by atoms with Gasteiger partial charge in [0.05, 0.1) is 0 Å². The Morgan fingerprint density at radius 2 is 2.26 bits per heavy atom. The number of nitrogens with one attached hydrogen (secondary N) is 1. The van der Waals surface area contributed by atoms with E-state index in [0.717, 1.165) is 25.9 Å². The maximum absolute atomic E-state index is 4.29. The third-order valence-corrected chi connectivity index (χ3v) is 3.84. The van der Waals surface area contributed by atoms with Crippen molar-refractivity contribution in [2.45, 2.75) is 32.4 Å². The van der Waals surface area contributed by atoms with Gasteiger partial charge in [-0.05, 0) is 32.4 Å². The summed E-state index contributed by atoms with van der Waals surface area (Å²) in [5.41, 5.74) is 5.21. The van der Waals surface area contributed by atoms with Crippen LogP contribution < -0.4 is 5.32 Å². The van der Waals surface area contributed by atoms with Gasteiger partial charge in [0.1, 0.15) is 0 Å². The Hall–Kier alpha value is -1.54. The zero-order chi connectivity index (χ0) is 13.8. The molecule has 1 N–H and O–H groups in total. The lowest BCUT2D eigenvalue weighted by Gasteiger charge is -2.30. The van der Waals surface area contributed by atoms with Crippen LogP contribution in [0.1, 0.15) is 29.5 Å². The quantitative estimate of drug-likeness (QED) is 0.785. The summed E-state index contributed by atoms with van der Waals surface area (Å²) in [6.45, 7) is 12.2. The Kier molecular flexibility index (Phi) is 4.43. The van der Waals surface area contributed by atoms with Gasteiger partial charge in [-0.2, -0.15) is 0 Å². The molecule has 1 aliphatic heterocycles. The van der Waals surface area contributed by atoms with Crippen LogP contribution in [0.2, 0.25) is 0 Å². The summed E-state index contributed by atoms with van der Waals surface area (Å²) in [4.78, 5) is 2.43. The van der Waals surface area contributed by atoms with Crippen molar-refractivity contribution >= 4 is 5.70 Å². The van der Waals surface area contributed by atoms with Crippen molar-refractivity contribution in [1.29, 1.82) is 0 Å². The van der Waals surface area contributed by atoms with Crippen LogP contribution in [-0.2, 0) is 6.54 Å². The smallest absolute Gasteiger partial charge is 0.0439 e. The van der Waals surface area contributed by atoms with Crippen molar-refractivity contribution in [2.75, 3.05) is 13.6 Å². The third-order valence-electron chi connectivity index (χ3n) is 3.84. The molecule has 1 atom stereocenters. The van der Waals surface area contributed by atoms with Crippen LogP contribution in [0, 0.1) is 6.92 Å². The van der Waals surface area contributed by atoms with Crippen LogP contribution in [0.5, 0.6) is 0 Å². The van der Waals surface area contributed by atoms with E-state index in [4.69, 9.17) is 0 Å². The van der Waals surface area contributed by atoms with E-state index in [1.54, 1.807) is 0 Å². The molecular formula is C17H24N2. The lowest BCUT2D eigenvalue weighted by Crippen LogP contribution is -2.37. The molecule has 1 unspecified atom stereocenters. The zero-order valence-electron chi connectivity index (χ0n) is 12.1. The molecular weight excluding hydrogens is 232 g/mol. The first-order chi connectivity index (χ1) is 9.17. The number of aryl methyl sites for hydroxylation is 1. The van der Waals surface area contributed by atoms with Crippen LogP contribution in [0.4, 0.5) is 0 Å². The maximum atomic E-state index is 4.29. The van der Waals surface area contributed by atoms with E-state index in [2.05, 4.69) is 48.5 Å². The summed E-state index contributed by atoms with van der Waals surface area (Å²) in [5, 5.41) is 3.30. The molecule has 102 valence electrons. The minimum atomic E-state index is 0.489. The molecule has 0 radical (unpaired) electrons. The highest BCUT2D eigenvalue weighted by Gasteiger charge is 2.27. The van der Waals surface area contributed by atoms with Crippen molar-refractivity contribution in [3.63, 3.8) is 0 Å². The highest BCUT2D eigenvalue weighted by Crippen LogP contribution is 2.34. The van der Waals surface area contributed by atoms with E-state index >= 15 is 0 Å². The second kappa shape index (κ2) is 6.07. The summed E-state index contributed by atoms with van der Waals surface area (Å²) in [5.74, 6) is 0. The van der Waals surface area contributed by atoms with Gasteiger partial charge in [-0.1, -0.05) is 36.4 Å². The van der Waals surface area contributed by atoms with Crippen LogP contribution >= 0.6 is 0 Å². The summed E-state index contributed by atoms with van der Waals surface area (Å²) in [6.07, 6.45) is 4.17. The van der Waals surface area contributed by atoms with Crippen molar-refractivity contribution in [3.05, 3.63) is 54.1 Å². The maximum Gasteiger partial charge on any atom is 0.0439 e. The fourth-order valence-electron chi connectivity index (χ4n) is 2.83. The molecule has 0 spiro atoms. The Bertz CT molecular complexity index is 476. The molecule has 1 aromatic carbocycles. The average molecular weight is 256 g/mol.